The molecular weight excluding hydrogens is 460 g/mol. The number of rotatable bonds is 7. The molecule has 0 aliphatic rings. The maximum absolute atomic E-state index is 13.6. The SMILES string of the molecule is CC(C)CN(C(=O)Nc1cccc(Cl)c1)C(C)c1nc2ccccc2c(=O)n1Cc1ccccc1. The topological polar surface area (TPSA) is 67.2 Å². The van der Waals surface area contributed by atoms with E-state index in [9.17, 15) is 9.59 Å². The normalized spacial score (nSPS) is 12.0. The number of carbonyl (C=O) groups excluding carboxylic acids is 1. The predicted molar refractivity (Wildman–Crippen MR) is 142 cm³/mol. The fraction of sp³-hybridized carbons (Fsp3) is 0.250. The van der Waals surface area contributed by atoms with Gasteiger partial charge in [-0.15, -0.1) is 0 Å². The van der Waals surface area contributed by atoms with Gasteiger partial charge in [0.15, 0.2) is 0 Å². The van der Waals surface area contributed by atoms with Gasteiger partial charge < -0.3 is 10.2 Å². The standard InChI is InChI=1S/C28H29ClN4O2/c1-19(2)17-32(28(35)30-23-13-9-12-22(29)16-23)20(3)26-31-25-15-8-7-14-24(25)27(34)33(26)18-21-10-5-4-6-11-21/h4-16,19-20H,17-18H2,1-3H3,(H,30,35). The Morgan fingerprint density at radius 3 is 2.43 bits per heavy atom. The highest BCUT2D eigenvalue weighted by atomic mass is 35.5. The summed E-state index contributed by atoms with van der Waals surface area (Å²) >= 11 is 6.11. The smallest absolute Gasteiger partial charge is 0.314 e. The van der Waals surface area contributed by atoms with Crippen molar-refractivity contribution >= 4 is 34.2 Å². The molecule has 35 heavy (non-hydrogen) atoms. The van der Waals surface area contributed by atoms with Crippen LogP contribution in [-0.2, 0) is 6.54 Å². The molecule has 3 aromatic carbocycles. The highest BCUT2D eigenvalue weighted by molar-refractivity contribution is 6.30. The first-order valence-electron chi connectivity index (χ1n) is 11.7. The van der Waals surface area contributed by atoms with E-state index >= 15 is 0 Å². The molecule has 1 unspecified atom stereocenters. The quantitative estimate of drug-likeness (QED) is 0.329. The maximum atomic E-state index is 13.6. The number of amides is 2. The number of urea groups is 1. The third-order valence-corrected chi connectivity index (χ3v) is 6.05. The van der Waals surface area contributed by atoms with E-state index in [2.05, 4.69) is 19.2 Å². The number of benzene rings is 3. The molecule has 4 rings (SSSR count). The Kier molecular flexibility index (Phi) is 7.51. The first-order chi connectivity index (χ1) is 16.8. The molecule has 7 heteroatoms. The number of halogens is 1. The lowest BCUT2D eigenvalue weighted by Gasteiger charge is -2.32. The van der Waals surface area contributed by atoms with Crippen LogP contribution in [0.1, 0.15) is 38.2 Å². The number of nitrogens with one attached hydrogen (secondary N) is 1. The van der Waals surface area contributed by atoms with Gasteiger partial charge in [-0.05, 0) is 48.7 Å². The van der Waals surface area contributed by atoms with Crippen molar-refractivity contribution in [3.8, 4) is 0 Å². The molecule has 0 fully saturated rings. The van der Waals surface area contributed by atoms with Gasteiger partial charge in [-0.3, -0.25) is 9.36 Å². The largest absolute Gasteiger partial charge is 0.322 e. The van der Waals surface area contributed by atoms with Crippen molar-refractivity contribution in [1.82, 2.24) is 14.5 Å². The number of nitrogens with zero attached hydrogens (tertiary/aromatic N) is 3. The van der Waals surface area contributed by atoms with E-state index in [1.54, 1.807) is 39.8 Å². The lowest BCUT2D eigenvalue weighted by molar-refractivity contribution is 0.179. The van der Waals surface area contributed by atoms with Crippen molar-refractivity contribution in [3.05, 3.63) is 106 Å². The van der Waals surface area contributed by atoms with Gasteiger partial charge in [0.05, 0.1) is 23.5 Å². The average Bonchev–Trinajstić information content (AvgIpc) is 2.84. The van der Waals surface area contributed by atoms with Crippen LogP contribution in [-0.4, -0.2) is 27.0 Å². The zero-order valence-corrected chi connectivity index (χ0v) is 20.9. The molecule has 0 spiro atoms. The van der Waals surface area contributed by atoms with Crippen LogP contribution in [0.5, 0.6) is 0 Å². The number of aromatic nitrogens is 2. The van der Waals surface area contributed by atoms with E-state index in [0.29, 0.717) is 40.5 Å². The van der Waals surface area contributed by atoms with Gasteiger partial charge >= 0.3 is 6.03 Å². The summed E-state index contributed by atoms with van der Waals surface area (Å²) in [4.78, 5) is 33.6. The van der Waals surface area contributed by atoms with Gasteiger partial charge in [0.1, 0.15) is 5.82 Å². The Hall–Kier alpha value is -3.64. The summed E-state index contributed by atoms with van der Waals surface area (Å²) < 4.78 is 1.68. The summed E-state index contributed by atoms with van der Waals surface area (Å²) in [7, 11) is 0. The van der Waals surface area contributed by atoms with E-state index in [4.69, 9.17) is 16.6 Å². The molecule has 1 N–H and O–H groups in total. The molecule has 0 saturated heterocycles. The third kappa shape index (κ3) is 5.72. The number of anilines is 1. The van der Waals surface area contributed by atoms with Crippen LogP contribution in [0, 0.1) is 5.92 Å². The predicted octanol–water partition coefficient (Wildman–Crippen LogP) is 6.35. The molecule has 0 radical (unpaired) electrons. The van der Waals surface area contributed by atoms with Crippen LogP contribution in [0.3, 0.4) is 0 Å². The third-order valence-electron chi connectivity index (χ3n) is 5.81. The van der Waals surface area contributed by atoms with Crippen LogP contribution >= 0.6 is 11.6 Å². The minimum atomic E-state index is -0.461. The van der Waals surface area contributed by atoms with Crippen LogP contribution < -0.4 is 10.9 Å². The van der Waals surface area contributed by atoms with Gasteiger partial charge in [0.25, 0.3) is 5.56 Å². The van der Waals surface area contributed by atoms with Crippen LogP contribution in [0.15, 0.2) is 83.7 Å². The Balaban J connectivity index is 1.78. The second-order valence-electron chi connectivity index (χ2n) is 9.03. The van der Waals surface area contributed by atoms with Gasteiger partial charge in [-0.2, -0.15) is 0 Å². The molecule has 0 saturated carbocycles. The van der Waals surface area contributed by atoms with Gasteiger partial charge in [0, 0.05) is 17.3 Å². The zero-order chi connectivity index (χ0) is 24.9. The van der Waals surface area contributed by atoms with Crippen molar-refractivity contribution in [2.45, 2.75) is 33.4 Å². The van der Waals surface area contributed by atoms with Crippen molar-refractivity contribution < 1.29 is 4.79 Å². The fourth-order valence-electron chi connectivity index (χ4n) is 4.13. The lowest BCUT2D eigenvalue weighted by Crippen LogP contribution is -2.42. The van der Waals surface area contributed by atoms with Gasteiger partial charge in [-0.25, -0.2) is 9.78 Å². The van der Waals surface area contributed by atoms with Gasteiger partial charge in [-0.1, -0.05) is 74.0 Å². The Morgan fingerprint density at radius 1 is 1.00 bits per heavy atom. The summed E-state index contributed by atoms with van der Waals surface area (Å²) in [6, 6.07) is 23.4. The van der Waals surface area contributed by atoms with E-state index < -0.39 is 6.04 Å². The molecule has 6 nitrogen and oxygen atoms in total. The molecule has 0 aliphatic carbocycles. The molecular formula is C28H29ClN4O2. The molecule has 4 aromatic rings. The summed E-state index contributed by atoms with van der Waals surface area (Å²) in [5.41, 5.74) is 2.08. The molecule has 2 amide bonds. The second kappa shape index (κ2) is 10.7. The van der Waals surface area contributed by atoms with E-state index in [1.165, 1.54) is 0 Å². The minimum Gasteiger partial charge on any atom is -0.314 e. The summed E-state index contributed by atoms with van der Waals surface area (Å²) in [6.45, 7) is 6.87. The van der Waals surface area contributed by atoms with Crippen LogP contribution in [0.25, 0.3) is 10.9 Å². The zero-order valence-electron chi connectivity index (χ0n) is 20.1. The van der Waals surface area contributed by atoms with Crippen molar-refractivity contribution in [1.29, 1.82) is 0 Å². The molecule has 1 aromatic heterocycles. The van der Waals surface area contributed by atoms with Crippen molar-refractivity contribution in [2.24, 2.45) is 5.92 Å². The number of hydrogen-bond donors (Lipinski definition) is 1. The Labute approximate surface area is 210 Å². The van der Waals surface area contributed by atoms with E-state index in [-0.39, 0.29) is 17.5 Å². The monoisotopic (exact) mass is 488 g/mol. The van der Waals surface area contributed by atoms with E-state index in [0.717, 1.165) is 5.56 Å². The highest BCUT2D eigenvalue weighted by Gasteiger charge is 2.27. The Bertz CT molecular complexity index is 1380. The maximum Gasteiger partial charge on any atom is 0.322 e. The lowest BCUT2D eigenvalue weighted by atomic mass is 10.1. The summed E-state index contributed by atoms with van der Waals surface area (Å²) in [5, 5.41) is 4.04. The minimum absolute atomic E-state index is 0.124. The Morgan fingerprint density at radius 2 is 1.71 bits per heavy atom. The number of hydrogen-bond acceptors (Lipinski definition) is 3. The van der Waals surface area contributed by atoms with Crippen molar-refractivity contribution in [3.63, 3.8) is 0 Å². The van der Waals surface area contributed by atoms with Gasteiger partial charge in [0.2, 0.25) is 0 Å². The number of para-hydroxylation sites is 1. The average molecular weight is 489 g/mol. The molecule has 1 heterocycles. The molecule has 0 bridgehead atoms. The number of fused-ring (bicyclic) bond motifs is 1. The summed E-state index contributed by atoms with van der Waals surface area (Å²) in [6.07, 6.45) is 0. The highest BCUT2D eigenvalue weighted by Crippen LogP contribution is 2.24. The van der Waals surface area contributed by atoms with Crippen LogP contribution in [0.2, 0.25) is 5.02 Å². The second-order valence-corrected chi connectivity index (χ2v) is 9.46. The number of carbonyl (C=O) groups is 1. The first kappa shape index (κ1) is 24.5. The molecule has 1 atom stereocenters. The molecule has 0 aliphatic heterocycles. The van der Waals surface area contributed by atoms with Crippen LogP contribution in [0.4, 0.5) is 10.5 Å². The fourth-order valence-corrected chi connectivity index (χ4v) is 4.32. The summed E-state index contributed by atoms with van der Waals surface area (Å²) in [5.74, 6) is 0.747. The van der Waals surface area contributed by atoms with E-state index in [1.807, 2.05) is 55.5 Å². The first-order valence-corrected chi connectivity index (χ1v) is 12.1. The molecule has 180 valence electrons. The van der Waals surface area contributed by atoms with Crippen molar-refractivity contribution in [2.75, 3.05) is 11.9 Å².